The van der Waals surface area contributed by atoms with Gasteiger partial charge in [0.1, 0.15) is 0 Å². The third-order valence-electron chi connectivity index (χ3n) is 3.26. The van der Waals surface area contributed by atoms with Crippen molar-refractivity contribution in [3.63, 3.8) is 0 Å². The number of nitrogens with one attached hydrogen (secondary N) is 1. The highest BCUT2D eigenvalue weighted by Crippen LogP contribution is 2.26. The number of halogens is 1. The zero-order valence-corrected chi connectivity index (χ0v) is 13.8. The summed E-state index contributed by atoms with van der Waals surface area (Å²) in [6, 6.07) is 11.9. The molecule has 0 saturated carbocycles. The molecule has 1 N–H and O–H groups in total. The minimum Gasteiger partial charge on any atom is -0.349 e. The van der Waals surface area contributed by atoms with Crippen LogP contribution in [-0.4, -0.2) is 11.9 Å². The molecule has 0 aliphatic carbocycles. The lowest BCUT2D eigenvalue weighted by Crippen LogP contribution is -2.33. The third-order valence-corrected chi connectivity index (χ3v) is 5.50. The predicted molar refractivity (Wildman–Crippen MR) is 91.8 cm³/mol. The number of carbonyl (C=O) groups is 1. The second-order valence-electron chi connectivity index (χ2n) is 4.94. The van der Waals surface area contributed by atoms with E-state index in [1.807, 2.05) is 13.0 Å². The van der Waals surface area contributed by atoms with Crippen molar-refractivity contribution in [2.75, 3.05) is 0 Å². The van der Waals surface area contributed by atoms with Crippen LogP contribution in [0.25, 0.3) is 10.1 Å². The Labute approximate surface area is 136 Å². The Morgan fingerprint density at radius 3 is 2.86 bits per heavy atom. The summed E-state index contributed by atoms with van der Waals surface area (Å²) >= 11 is 8.91. The number of carbonyl (C=O) groups excluding carboxylic acids is 1. The van der Waals surface area contributed by atoms with Crippen LogP contribution in [0.3, 0.4) is 0 Å². The second kappa shape index (κ2) is 6.18. The summed E-state index contributed by atoms with van der Waals surface area (Å²) in [4.78, 5) is 12.8. The molecule has 0 saturated heterocycles. The van der Waals surface area contributed by atoms with E-state index in [0.29, 0.717) is 9.21 Å². The first kappa shape index (κ1) is 14.6. The maximum absolute atomic E-state index is 12.1. The van der Waals surface area contributed by atoms with Gasteiger partial charge in [0.2, 0.25) is 0 Å². The van der Waals surface area contributed by atoms with Crippen molar-refractivity contribution in [2.24, 2.45) is 0 Å². The standard InChI is InChI=1S/C16H14ClNOS2/c1-10(18-16(19)14-6-7-15(17)21-14)8-11-9-20-13-5-3-2-4-12(11)13/h2-7,9-10H,8H2,1H3,(H,18,19). The van der Waals surface area contributed by atoms with Gasteiger partial charge < -0.3 is 5.32 Å². The molecule has 2 heterocycles. The van der Waals surface area contributed by atoms with Gasteiger partial charge in [0.25, 0.3) is 5.91 Å². The molecule has 0 aliphatic heterocycles. The van der Waals surface area contributed by atoms with Crippen LogP contribution in [0, 0.1) is 0 Å². The number of thiophene rings is 2. The predicted octanol–water partition coefficient (Wildman–Crippen LogP) is 4.98. The van der Waals surface area contributed by atoms with Gasteiger partial charge in [0.05, 0.1) is 9.21 Å². The maximum Gasteiger partial charge on any atom is 0.261 e. The first-order valence-corrected chi connectivity index (χ1v) is 8.72. The molecule has 0 aliphatic rings. The smallest absolute Gasteiger partial charge is 0.261 e. The fraction of sp³-hybridized carbons (Fsp3) is 0.188. The average molecular weight is 336 g/mol. The average Bonchev–Trinajstić information content (AvgIpc) is 3.06. The van der Waals surface area contributed by atoms with Crippen LogP contribution >= 0.6 is 34.3 Å². The first-order valence-electron chi connectivity index (χ1n) is 6.65. The molecular weight excluding hydrogens is 322 g/mol. The molecule has 2 aromatic heterocycles. The normalized spacial score (nSPS) is 12.5. The summed E-state index contributed by atoms with van der Waals surface area (Å²) in [7, 11) is 0. The van der Waals surface area contributed by atoms with Gasteiger partial charge in [0.15, 0.2) is 0 Å². The molecule has 0 bridgehead atoms. The van der Waals surface area contributed by atoms with E-state index >= 15 is 0 Å². The van der Waals surface area contributed by atoms with Crippen LogP contribution in [0.2, 0.25) is 4.34 Å². The topological polar surface area (TPSA) is 29.1 Å². The number of benzene rings is 1. The van der Waals surface area contributed by atoms with Crippen molar-refractivity contribution in [1.82, 2.24) is 5.32 Å². The molecule has 108 valence electrons. The fourth-order valence-electron chi connectivity index (χ4n) is 2.30. The number of rotatable bonds is 4. The molecule has 1 unspecified atom stereocenters. The molecule has 3 rings (SSSR count). The zero-order chi connectivity index (χ0) is 14.8. The Morgan fingerprint density at radius 2 is 2.10 bits per heavy atom. The van der Waals surface area contributed by atoms with E-state index in [2.05, 4.69) is 28.9 Å². The number of fused-ring (bicyclic) bond motifs is 1. The van der Waals surface area contributed by atoms with E-state index in [9.17, 15) is 4.79 Å². The van der Waals surface area contributed by atoms with Crippen molar-refractivity contribution in [2.45, 2.75) is 19.4 Å². The lowest BCUT2D eigenvalue weighted by atomic mass is 10.1. The fourth-order valence-corrected chi connectivity index (χ4v) is 4.22. The Bertz CT molecular complexity index is 777. The quantitative estimate of drug-likeness (QED) is 0.716. The van der Waals surface area contributed by atoms with E-state index in [4.69, 9.17) is 11.6 Å². The molecule has 21 heavy (non-hydrogen) atoms. The Morgan fingerprint density at radius 1 is 1.29 bits per heavy atom. The Balaban J connectivity index is 1.69. The molecule has 2 nitrogen and oxygen atoms in total. The number of hydrogen-bond donors (Lipinski definition) is 1. The van der Waals surface area contributed by atoms with Crippen molar-refractivity contribution < 1.29 is 4.79 Å². The van der Waals surface area contributed by atoms with E-state index in [0.717, 1.165) is 6.42 Å². The Hall–Kier alpha value is -1.36. The van der Waals surface area contributed by atoms with Gasteiger partial charge in [0, 0.05) is 10.7 Å². The van der Waals surface area contributed by atoms with Gasteiger partial charge in [-0.15, -0.1) is 22.7 Å². The van der Waals surface area contributed by atoms with Crippen molar-refractivity contribution >= 4 is 50.3 Å². The van der Waals surface area contributed by atoms with Crippen molar-refractivity contribution in [3.8, 4) is 0 Å². The summed E-state index contributed by atoms with van der Waals surface area (Å²) in [6.07, 6.45) is 0.828. The van der Waals surface area contributed by atoms with Gasteiger partial charge in [-0.3, -0.25) is 4.79 Å². The van der Waals surface area contributed by atoms with E-state index < -0.39 is 0 Å². The summed E-state index contributed by atoms with van der Waals surface area (Å²) in [5, 5.41) is 6.49. The largest absolute Gasteiger partial charge is 0.349 e. The maximum atomic E-state index is 12.1. The van der Waals surface area contributed by atoms with Crippen LogP contribution in [0.5, 0.6) is 0 Å². The van der Waals surface area contributed by atoms with Crippen LogP contribution < -0.4 is 5.32 Å². The highest BCUT2D eigenvalue weighted by Gasteiger charge is 2.14. The van der Waals surface area contributed by atoms with Crippen LogP contribution in [0.15, 0.2) is 41.8 Å². The van der Waals surface area contributed by atoms with Crippen molar-refractivity contribution in [1.29, 1.82) is 0 Å². The highest BCUT2D eigenvalue weighted by atomic mass is 35.5. The van der Waals surface area contributed by atoms with Gasteiger partial charge >= 0.3 is 0 Å². The zero-order valence-electron chi connectivity index (χ0n) is 11.4. The van der Waals surface area contributed by atoms with E-state index in [1.54, 1.807) is 23.5 Å². The lowest BCUT2D eigenvalue weighted by Gasteiger charge is -2.12. The van der Waals surface area contributed by atoms with Crippen LogP contribution in [0.4, 0.5) is 0 Å². The van der Waals surface area contributed by atoms with Crippen molar-refractivity contribution in [3.05, 3.63) is 56.6 Å². The molecule has 1 aromatic carbocycles. The number of amides is 1. The van der Waals surface area contributed by atoms with Gasteiger partial charge in [-0.25, -0.2) is 0 Å². The molecule has 0 fully saturated rings. The molecular formula is C16H14ClNOS2. The van der Waals surface area contributed by atoms with Gasteiger partial charge in [-0.05, 0) is 47.9 Å². The summed E-state index contributed by atoms with van der Waals surface area (Å²) < 4.78 is 1.92. The van der Waals surface area contributed by atoms with Gasteiger partial charge in [-0.2, -0.15) is 0 Å². The first-order chi connectivity index (χ1) is 10.1. The SMILES string of the molecule is CC(Cc1csc2ccccc12)NC(=O)c1ccc(Cl)s1. The molecule has 5 heteroatoms. The second-order valence-corrected chi connectivity index (χ2v) is 7.57. The monoisotopic (exact) mass is 335 g/mol. The van der Waals surface area contributed by atoms with Crippen LogP contribution in [-0.2, 0) is 6.42 Å². The molecule has 0 radical (unpaired) electrons. The minimum atomic E-state index is -0.0565. The number of hydrogen-bond acceptors (Lipinski definition) is 3. The Kier molecular flexibility index (Phi) is 4.29. The molecule has 0 spiro atoms. The summed E-state index contributed by atoms with van der Waals surface area (Å²) in [5.41, 5.74) is 1.28. The third kappa shape index (κ3) is 3.28. The molecule has 1 amide bonds. The minimum absolute atomic E-state index is 0.0565. The highest BCUT2D eigenvalue weighted by molar-refractivity contribution is 7.18. The van der Waals surface area contributed by atoms with E-state index in [-0.39, 0.29) is 11.9 Å². The summed E-state index contributed by atoms with van der Waals surface area (Å²) in [6.45, 7) is 2.03. The lowest BCUT2D eigenvalue weighted by molar-refractivity contribution is 0.0944. The summed E-state index contributed by atoms with van der Waals surface area (Å²) in [5.74, 6) is -0.0565. The molecule has 1 atom stereocenters. The molecule has 3 aromatic rings. The van der Waals surface area contributed by atoms with Gasteiger partial charge in [-0.1, -0.05) is 29.8 Å². The van der Waals surface area contributed by atoms with Crippen LogP contribution in [0.1, 0.15) is 22.2 Å². The van der Waals surface area contributed by atoms with E-state index in [1.165, 1.54) is 27.0 Å².